The molecule has 3 aromatic rings. The van der Waals surface area contributed by atoms with E-state index in [4.69, 9.17) is 10.7 Å². The van der Waals surface area contributed by atoms with Crippen molar-refractivity contribution in [3.8, 4) is 0 Å². The van der Waals surface area contributed by atoms with Crippen LogP contribution in [0, 0.1) is 12.3 Å². The molecule has 25 heavy (non-hydrogen) atoms. The second kappa shape index (κ2) is 5.26. The molecule has 1 spiro atoms. The fourth-order valence-electron chi connectivity index (χ4n) is 4.62. The van der Waals surface area contributed by atoms with E-state index in [0.717, 1.165) is 55.0 Å². The molecule has 5 rings (SSSR count). The predicted octanol–water partition coefficient (Wildman–Crippen LogP) is 2.50. The Morgan fingerprint density at radius 3 is 2.80 bits per heavy atom. The summed E-state index contributed by atoms with van der Waals surface area (Å²) in [6.07, 6.45) is 5.00. The van der Waals surface area contributed by atoms with Crippen molar-refractivity contribution in [2.24, 2.45) is 11.1 Å². The third-order valence-electron chi connectivity index (χ3n) is 6.08. The normalized spacial score (nSPS) is 21.8. The molecule has 2 aromatic heterocycles. The molecule has 2 aliphatic rings. The number of hydrogen-bond acceptors (Lipinski definition) is 5. The third-order valence-corrected chi connectivity index (χ3v) is 6.08. The Morgan fingerprint density at radius 2 is 2.00 bits per heavy atom. The van der Waals surface area contributed by atoms with Gasteiger partial charge in [-0.2, -0.15) is 5.10 Å². The van der Waals surface area contributed by atoms with E-state index in [1.54, 1.807) is 6.20 Å². The minimum absolute atomic E-state index is 0.146. The van der Waals surface area contributed by atoms with Crippen molar-refractivity contribution in [3.05, 3.63) is 47.3 Å². The van der Waals surface area contributed by atoms with Crippen LogP contribution in [-0.4, -0.2) is 33.3 Å². The van der Waals surface area contributed by atoms with Gasteiger partial charge in [0.25, 0.3) is 0 Å². The number of aromatic amines is 1. The van der Waals surface area contributed by atoms with Crippen LogP contribution in [0.3, 0.4) is 0 Å². The molecule has 128 valence electrons. The smallest absolute Gasteiger partial charge is 0.176 e. The van der Waals surface area contributed by atoms with Gasteiger partial charge in [0.1, 0.15) is 5.52 Å². The number of piperidine rings is 1. The lowest BCUT2D eigenvalue weighted by Crippen LogP contribution is -2.44. The summed E-state index contributed by atoms with van der Waals surface area (Å²) in [5.41, 5.74) is 12.2. The Hall–Kier alpha value is -2.47. The van der Waals surface area contributed by atoms with Gasteiger partial charge in [-0.3, -0.25) is 5.10 Å². The summed E-state index contributed by atoms with van der Waals surface area (Å²) < 4.78 is 0. The summed E-state index contributed by atoms with van der Waals surface area (Å²) in [6, 6.07) is 8.80. The zero-order chi connectivity index (χ0) is 17.0. The molecular weight excluding hydrogens is 312 g/mol. The van der Waals surface area contributed by atoms with Crippen LogP contribution in [0.1, 0.15) is 35.7 Å². The van der Waals surface area contributed by atoms with E-state index >= 15 is 0 Å². The van der Waals surface area contributed by atoms with Crippen molar-refractivity contribution in [2.45, 2.75) is 32.2 Å². The Bertz CT molecular complexity index is 938. The number of nitrogens with one attached hydrogen (secondary N) is 1. The Labute approximate surface area is 146 Å². The number of nitrogens with zero attached hydrogens (tertiary/aromatic N) is 4. The largest absolute Gasteiger partial charge is 0.355 e. The van der Waals surface area contributed by atoms with Crippen LogP contribution >= 0.6 is 0 Å². The molecule has 3 heterocycles. The number of H-pyrrole nitrogens is 1. The molecule has 6 heteroatoms. The molecule has 6 nitrogen and oxygen atoms in total. The number of fused-ring (bicyclic) bond motifs is 2. The maximum atomic E-state index is 6.67. The Kier molecular flexibility index (Phi) is 3.12. The Balaban J connectivity index is 1.40. The lowest BCUT2D eigenvalue weighted by molar-refractivity contribution is 0.187. The van der Waals surface area contributed by atoms with Gasteiger partial charge in [0.15, 0.2) is 11.5 Å². The average Bonchev–Trinajstić information content (AvgIpc) is 3.18. The molecule has 1 aromatic carbocycles. The van der Waals surface area contributed by atoms with Crippen LogP contribution in [0.2, 0.25) is 0 Å². The van der Waals surface area contributed by atoms with Gasteiger partial charge in [-0.15, -0.1) is 0 Å². The standard InChI is InChI=1S/C19H22N6/c1-12-18(23-17-15(22-12)11-21-24-17)25-8-6-19(7-9-25)10-13-4-2-3-5-14(13)16(19)20/h2-5,11,16H,6-10,20H2,1H3,(H,21,23,24). The number of aryl methyl sites for hydroxylation is 1. The van der Waals surface area contributed by atoms with Crippen LogP contribution in [0.25, 0.3) is 11.2 Å². The Morgan fingerprint density at radius 1 is 1.20 bits per heavy atom. The topological polar surface area (TPSA) is 83.7 Å². The molecule has 0 amide bonds. The second-order valence-corrected chi connectivity index (χ2v) is 7.44. The summed E-state index contributed by atoms with van der Waals surface area (Å²) in [4.78, 5) is 11.7. The first kappa shape index (κ1) is 14.8. The molecular formula is C19H22N6. The molecule has 1 atom stereocenters. The minimum Gasteiger partial charge on any atom is -0.355 e. The quantitative estimate of drug-likeness (QED) is 0.714. The second-order valence-electron chi connectivity index (χ2n) is 7.44. The van der Waals surface area contributed by atoms with Crippen molar-refractivity contribution < 1.29 is 0 Å². The number of rotatable bonds is 1. The zero-order valence-corrected chi connectivity index (χ0v) is 14.4. The van der Waals surface area contributed by atoms with E-state index in [1.165, 1.54) is 11.1 Å². The van der Waals surface area contributed by atoms with Gasteiger partial charge in [0.05, 0.1) is 11.9 Å². The summed E-state index contributed by atoms with van der Waals surface area (Å²) in [5, 5.41) is 6.96. The number of aromatic nitrogens is 4. The third kappa shape index (κ3) is 2.17. The fourth-order valence-corrected chi connectivity index (χ4v) is 4.62. The number of benzene rings is 1. The van der Waals surface area contributed by atoms with Crippen molar-refractivity contribution in [3.63, 3.8) is 0 Å². The van der Waals surface area contributed by atoms with Crippen LogP contribution in [0.15, 0.2) is 30.5 Å². The van der Waals surface area contributed by atoms with Gasteiger partial charge >= 0.3 is 0 Å². The highest BCUT2D eigenvalue weighted by molar-refractivity contribution is 5.71. The fraction of sp³-hybridized carbons (Fsp3) is 0.421. The van der Waals surface area contributed by atoms with Gasteiger partial charge in [0, 0.05) is 19.1 Å². The van der Waals surface area contributed by atoms with Gasteiger partial charge in [-0.05, 0) is 42.7 Å². The molecule has 1 fully saturated rings. The van der Waals surface area contributed by atoms with Crippen LogP contribution < -0.4 is 10.6 Å². The van der Waals surface area contributed by atoms with E-state index in [1.807, 2.05) is 6.92 Å². The molecule has 3 N–H and O–H groups in total. The first-order chi connectivity index (χ1) is 12.2. The van der Waals surface area contributed by atoms with Crippen molar-refractivity contribution in [2.75, 3.05) is 18.0 Å². The molecule has 1 unspecified atom stereocenters. The van der Waals surface area contributed by atoms with E-state index in [-0.39, 0.29) is 11.5 Å². The highest BCUT2D eigenvalue weighted by atomic mass is 15.2. The summed E-state index contributed by atoms with van der Waals surface area (Å²) in [7, 11) is 0. The van der Waals surface area contributed by atoms with E-state index in [0.29, 0.717) is 0 Å². The molecule has 0 saturated carbocycles. The van der Waals surface area contributed by atoms with Crippen molar-refractivity contribution in [1.29, 1.82) is 0 Å². The monoisotopic (exact) mass is 334 g/mol. The van der Waals surface area contributed by atoms with Gasteiger partial charge in [0.2, 0.25) is 0 Å². The van der Waals surface area contributed by atoms with Crippen LogP contribution in [0.5, 0.6) is 0 Å². The minimum atomic E-state index is 0.146. The van der Waals surface area contributed by atoms with Crippen molar-refractivity contribution >= 4 is 17.0 Å². The first-order valence-electron chi connectivity index (χ1n) is 8.92. The summed E-state index contributed by atoms with van der Waals surface area (Å²) in [6.45, 7) is 3.96. The summed E-state index contributed by atoms with van der Waals surface area (Å²) >= 11 is 0. The lowest BCUT2D eigenvalue weighted by atomic mass is 9.73. The SMILES string of the molecule is Cc1nc2cn[nH]c2nc1N1CCC2(CC1)Cc1ccccc1C2N. The van der Waals surface area contributed by atoms with Crippen LogP contribution in [0.4, 0.5) is 5.82 Å². The predicted molar refractivity (Wildman–Crippen MR) is 97.4 cm³/mol. The van der Waals surface area contributed by atoms with Crippen molar-refractivity contribution in [1.82, 2.24) is 20.2 Å². The van der Waals surface area contributed by atoms with Gasteiger partial charge in [-0.1, -0.05) is 24.3 Å². The van der Waals surface area contributed by atoms with Gasteiger partial charge < -0.3 is 10.6 Å². The zero-order valence-electron chi connectivity index (χ0n) is 14.4. The molecule has 0 bridgehead atoms. The van der Waals surface area contributed by atoms with Gasteiger partial charge in [-0.25, -0.2) is 9.97 Å². The van der Waals surface area contributed by atoms with E-state index < -0.39 is 0 Å². The summed E-state index contributed by atoms with van der Waals surface area (Å²) in [5.74, 6) is 0.968. The highest BCUT2D eigenvalue weighted by Gasteiger charge is 2.46. The highest BCUT2D eigenvalue weighted by Crippen LogP contribution is 2.50. The lowest BCUT2D eigenvalue weighted by Gasteiger charge is -2.42. The maximum absolute atomic E-state index is 6.67. The molecule has 0 radical (unpaired) electrons. The average molecular weight is 334 g/mol. The molecule has 1 aliphatic heterocycles. The number of anilines is 1. The first-order valence-corrected chi connectivity index (χ1v) is 8.92. The maximum Gasteiger partial charge on any atom is 0.176 e. The van der Waals surface area contributed by atoms with E-state index in [2.05, 4.69) is 44.3 Å². The molecule has 1 saturated heterocycles. The van der Waals surface area contributed by atoms with Crippen LogP contribution in [-0.2, 0) is 6.42 Å². The number of nitrogens with two attached hydrogens (primary N) is 1. The van der Waals surface area contributed by atoms with E-state index in [9.17, 15) is 0 Å². The number of hydrogen-bond donors (Lipinski definition) is 2. The molecule has 1 aliphatic carbocycles.